The predicted molar refractivity (Wildman–Crippen MR) is 114 cm³/mol. The van der Waals surface area contributed by atoms with Crippen molar-refractivity contribution in [1.82, 2.24) is 24.6 Å². The van der Waals surface area contributed by atoms with E-state index in [1.165, 1.54) is 23.2 Å². The molecule has 0 atom stereocenters. The first-order chi connectivity index (χ1) is 15.3. The van der Waals surface area contributed by atoms with E-state index in [2.05, 4.69) is 38.9 Å². The Morgan fingerprint density at radius 1 is 1.19 bits per heavy atom. The molecule has 0 aliphatic heterocycles. The molecule has 0 amide bonds. The Labute approximate surface area is 182 Å². The predicted octanol–water partition coefficient (Wildman–Crippen LogP) is 4.67. The number of anilines is 2. The maximum Gasteiger partial charge on any atom is 0.257 e. The second-order valence-electron chi connectivity index (χ2n) is 8.19. The highest BCUT2D eigenvalue weighted by atomic mass is 19.3. The van der Waals surface area contributed by atoms with Crippen LogP contribution in [0.2, 0.25) is 0 Å². The van der Waals surface area contributed by atoms with Gasteiger partial charge in [-0.1, -0.05) is 5.92 Å². The molecule has 9 heteroatoms. The molecule has 0 N–H and O–H groups in total. The fourth-order valence-electron chi connectivity index (χ4n) is 3.58. The van der Waals surface area contributed by atoms with Crippen LogP contribution in [-0.4, -0.2) is 37.5 Å². The van der Waals surface area contributed by atoms with E-state index < -0.39 is 18.8 Å². The fraction of sp³-hybridized carbons (Fsp3) is 0.304. The van der Waals surface area contributed by atoms with E-state index in [4.69, 9.17) is 0 Å². The highest BCUT2D eigenvalue weighted by Crippen LogP contribution is 2.44. The lowest BCUT2D eigenvalue weighted by Gasteiger charge is -2.25. The van der Waals surface area contributed by atoms with Crippen LogP contribution in [0, 0.1) is 30.0 Å². The van der Waals surface area contributed by atoms with E-state index in [9.17, 15) is 13.2 Å². The molecule has 1 aliphatic carbocycles. The Balaban J connectivity index is 1.70. The highest BCUT2D eigenvalue weighted by Gasteiger charge is 2.35. The summed E-state index contributed by atoms with van der Waals surface area (Å²) in [5.74, 6) is 6.71. The van der Waals surface area contributed by atoms with Crippen molar-refractivity contribution in [1.29, 1.82) is 0 Å². The Morgan fingerprint density at radius 2 is 2.00 bits per heavy atom. The van der Waals surface area contributed by atoms with Crippen molar-refractivity contribution >= 4 is 28.2 Å². The van der Waals surface area contributed by atoms with Crippen LogP contribution in [0.5, 0.6) is 0 Å². The van der Waals surface area contributed by atoms with Crippen LogP contribution in [-0.2, 0) is 0 Å². The number of fused-ring (bicyclic) bond motifs is 3. The summed E-state index contributed by atoms with van der Waals surface area (Å²) in [6, 6.07) is 7.41. The number of hydrogen-bond donors (Lipinski definition) is 0. The molecule has 1 aromatic carbocycles. The van der Waals surface area contributed by atoms with Gasteiger partial charge in [0.25, 0.3) is 12.2 Å². The van der Waals surface area contributed by atoms with Crippen molar-refractivity contribution < 1.29 is 13.2 Å². The zero-order chi connectivity index (χ0) is 22.5. The number of halogens is 3. The van der Waals surface area contributed by atoms with Crippen LogP contribution in [0.1, 0.15) is 31.3 Å². The molecular weight excluding hydrogens is 417 g/mol. The zero-order valence-corrected chi connectivity index (χ0v) is 17.5. The molecule has 3 heterocycles. The van der Waals surface area contributed by atoms with Gasteiger partial charge in [-0.25, -0.2) is 18.2 Å². The second-order valence-corrected chi connectivity index (χ2v) is 8.19. The van der Waals surface area contributed by atoms with Gasteiger partial charge < -0.3 is 4.90 Å². The molecule has 0 bridgehead atoms. The van der Waals surface area contributed by atoms with Crippen molar-refractivity contribution in [3.05, 3.63) is 53.9 Å². The van der Waals surface area contributed by atoms with E-state index >= 15 is 0 Å². The van der Waals surface area contributed by atoms with Gasteiger partial charge >= 0.3 is 0 Å². The van der Waals surface area contributed by atoms with Crippen LogP contribution in [0.15, 0.2) is 36.5 Å². The van der Waals surface area contributed by atoms with Crippen molar-refractivity contribution in [3.63, 3.8) is 0 Å². The maximum absolute atomic E-state index is 14.2. The minimum atomic E-state index is -2.66. The standard InChI is InChI=1S/C23H19F3N6/c1-14-29-30-22-28-21(18-11-15(24)3-4-19(18)32(14)22)31(13-20(25)26)17-6-10-27-16(12-17)5-7-23(2)8-9-23/h3-4,6,10-12,20H,8-9,13H2,1-2H3. The Kier molecular flexibility index (Phi) is 4.73. The van der Waals surface area contributed by atoms with E-state index in [-0.39, 0.29) is 17.0 Å². The van der Waals surface area contributed by atoms with Gasteiger partial charge in [-0.3, -0.25) is 4.40 Å². The van der Waals surface area contributed by atoms with Crippen molar-refractivity contribution in [2.75, 3.05) is 11.4 Å². The molecule has 0 saturated heterocycles. The normalized spacial score (nSPS) is 14.6. The molecule has 4 aromatic rings. The number of hydrogen-bond acceptors (Lipinski definition) is 5. The minimum absolute atomic E-state index is 0.00615. The van der Waals surface area contributed by atoms with Gasteiger partial charge in [0.15, 0.2) is 0 Å². The quantitative estimate of drug-likeness (QED) is 0.435. The molecule has 1 aliphatic rings. The summed E-state index contributed by atoms with van der Waals surface area (Å²) in [6.07, 6.45) is 0.937. The summed E-state index contributed by atoms with van der Waals surface area (Å²) in [7, 11) is 0. The van der Waals surface area contributed by atoms with Gasteiger partial charge in [-0.15, -0.1) is 10.2 Å². The van der Waals surface area contributed by atoms with E-state index in [0.29, 0.717) is 28.1 Å². The SMILES string of the molecule is Cc1nnc2nc(N(CC(F)F)c3ccnc(C#CC4(C)CC4)c3)c3cc(F)ccc3n12. The first-order valence-electron chi connectivity index (χ1n) is 10.2. The number of aryl methyl sites for hydroxylation is 1. The summed E-state index contributed by atoms with van der Waals surface area (Å²) < 4.78 is 43.1. The van der Waals surface area contributed by atoms with Crippen molar-refractivity contribution in [2.45, 2.75) is 33.1 Å². The third-order valence-corrected chi connectivity index (χ3v) is 5.58. The third kappa shape index (κ3) is 3.73. The smallest absolute Gasteiger partial charge is 0.257 e. The summed E-state index contributed by atoms with van der Waals surface area (Å²) in [5, 5.41) is 8.45. The topological polar surface area (TPSA) is 59.2 Å². The summed E-state index contributed by atoms with van der Waals surface area (Å²) in [6.45, 7) is 3.18. The van der Waals surface area contributed by atoms with E-state index in [1.807, 2.05) is 0 Å². The molecule has 0 spiro atoms. The number of nitrogens with zero attached hydrogens (tertiary/aromatic N) is 6. The number of benzene rings is 1. The van der Waals surface area contributed by atoms with Crippen LogP contribution in [0.3, 0.4) is 0 Å². The molecular formula is C23H19F3N6. The largest absolute Gasteiger partial charge is 0.320 e. The monoisotopic (exact) mass is 436 g/mol. The van der Waals surface area contributed by atoms with Gasteiger partial charge in [-0.2, -0.15) is 4.98 Å². The molecule has 162 valence electrons. The molecule has 1 saturated carbocycles. The van der Waals surface area contributed by atoms with Crippen LogP contribution >= 0.6 is 0 Å². The van der Waals surface area contributed by atoms with Gasteiger partial charge in [0.05, 0.1) is 12.1 Å². The highest BCUT2D eigenvalue weighted by molar-refractivity contribution is 5.93. The molecule has 32 heavy (non-hydrogen) atoms. The van der Waals surface area contributed by atoms with Crippen LogP contribution < -0.4 is 4.90 Å². The first kappa shape index (κ1) is 20.2. The maximum atomic E-state index is 14.2. The zero-order valence-electron chi connectivity index (χ0n) is 17.5. The second kappa shape index (κ2) is 7.48. The fourth-order valence-corrected chi connectivity index (χ4v) is 3.58. The number of alkyl halides is 2. The lowest BCUT2D eigenvalue weighted by Crippen LogP contribution is -2.25. The molecule has 6 nitrogen and oxygen atoms in total. The first-order valence-corrected chi connectivity index (χ1v) is 10.2. The van der Waals surface area contributed by atoms with Crippen LogP contribution in [0.25, 0.3) is 16.7 Å². The molecule has 3 aromatic heterocycles. The Bertz CT molecular complexity index is 1400. The summed E-state index contributed by atoms with van der Waals surface area (Å²) in [5.41, 5.74) is 1.49. The third-order valence-electron chi connectivity index (χ3n) is 5.58. The lowest BCUT2D eigenvalue weighted by atomic mass is 10.1. The van der Waals surface area contributed by atoms with Crippen LogP contribution in [0.4, 0.5) is 24.7 Å². The minimum Gasteiger partial charge on any atom is -0.320 e. The van der Waals surface area contributed by atoms with Gasteiger partial charge in [0.1, 0.15) is 23.2 Å². The Morgan fingerprint density at radius 3 is 2.75 bits per heavy atom. The Hall–Kier alpha value is -3.67. The molecule has 1 fully saturated rings. The van der Waals surface area contributed by atoms with Crippen molar-refractivity contribution in [2.24, 2.45) is 5.41 Å². The molecule has 5 rings (SSSR count). The van der Waals surface area contributed by atoms with Gasteiger partial charge in [0.2, 0.25) is 0 Å². The van der Waals surface area contributed by atoms with Gasteiger partial charge in [0, 0.05) is 22.7 Å². The average molecular weight is 436 g/mol. The van der Waals surface area contributed by atoms with Crippen molar-refractivity contribution in [3.8, 4) is 11.8 Å². The molecule has 0 radical (unpaired) electrons. The summed E-state index contributed by atoms with van der Waals surface area (Å²) in [4.78, 5) is 10.1. The number of rotatable bonds is 4. The average Bonchev–Trinajstić information content (AvgIpc) is 3.39. The number of aromatic nitrogens is 5. The summed E-state index contributed by atoms with van der Waals surface area (Å²) >= 11 is 0. The lowest BCUT2D eigenvalue weighted by molar-refractivity contribution is 0.158. The number of pyridine rings is 1. The van der Waals surface area contributed by atoms with Gasteiger partial charge in [-0.05, 0) is 62.9 Å². The van der Waals surface area contributed by atoms with E-state index in [0.717, 1.165) is 12.8 Å². The van der Waals surface area contributed by atoms with E-state index in [1.54, 1.807) is 29.5 Å². The molecule has 0 unspecified atom stereocenters.